The van der Waals surface area contributed by atoms with Crippen molar-refractivity contribution < 1.29 is 33.0 Å². The van der Waals surface area contributed by atoms with E-state index in [4.69, 9.17) is 14.2 Å². The van der Waals surface area contributed by atoms with Crippen molar-refractivity contribution in [1.29, 1.82) is 0 Å². The maximum atomic E-state index is 14.5. The first-order valence-corrected chi connectivity index (χ1v) is 14.7. The van der Waals surface area contributed by atoms with Crippen molar-refractivity contribution in [3.05, 3.63) is 137 Å². The van der Waals surface area contributed by atoms with E-state index in [1.807, 2.05) is 36.4 Å². The Balaban J connectivity index is 1.55. The average Bonchev–Trinajstić information content (AvgIpc) is 3.49. The normalized spacial score (nSPS) is 15.4. The summed E-state index contributed by atoms with van der Waals surface area (Å²) in [6.07, 6.45) is -1.16. The Hall–Kier alpha value is -5.58. The van der Waals surface area contributed by atoms with Crippen molar-refractivity contribution in [3.8, 4) is 5.75 Å². The molecule has 2 amide bonds. The van der Waals surface area contributed by atoms with Gasteiger partial charge in [0.15, 0.2) is 0 Å². The highest BCUT2D eigenvalue weighted by atomic mass is 19.1. The van der Waals surface area contributed by atoms with Gasteiger partial charge in [0.2, 0.25) is 5.91 Å². The lowest BCUT2D eigenvalue weighted by Gasteiger charge is -2.35. The van der Waals surface area contributed by atoms with Crippen LogP contribution in [0.1, 0.15) is 41.6 Å². The number of esters is 1. The molecule has 46 heavy (non-hydrogen) atoms. The van der Waals surface area contributed by atoms with Crippen LogP contribution >= 0.6 is 0 Å². The highest BCUT2D eigenvalue weighted by molar-refractivity contribution is 5.96. The molecule has 11 heteroatoms. The second-order valence-electron chi connectivity index (χ2n) is 10.6. The van der Waals surface area contributed by atoms with Gasteiger partial charge in [-0.1, -0.05) is 72.8 Å². The predicted octanol–water partition coefficient (Wildman–Crippen LogP) is 6.92. The number of amides is 2. The number of imide groups is 1. The summed E-state index contributed by atoms with van der Waals surface area (Å²) >= 11 is 0. The van der Waals surface area contributed by atoms with Gasteiger partial charge >= 0.3 is 12.1 Å². The number of carbonyl (C=O) groups is 3. The molecule has 4 aromatic rings. The summed E-state index contributed by atoms with van der Waals surface area (Å²) in [5.74, 6) is -2.45. The molecule has 0 bridgehead atoms. The summed E-state index contributed by atoms with van der Waals surface area (Å²) < 4.78 is 30.0. The molecule has 5 rings (SSSR count). The van der Waals surface area contributed by atoms with E-state index in [9.17, 15) is 23.7 Å². The minimum atomic E-state index is -1.19. The smallest absolute Gasteiger partial charge is 0.417 e. The van der Waals surface area contributed by atoms with E-state index in [0.29, 0.717) is 23.5 Å². The third kappa shape index (κ3) is 7.37. The second-order valence-corrected chi connectivity index (χ2v) is 10.6. The van der Waals surface area contributed by atoms with Crippen molar-refractivity contribution in [3.63, 3.8) is 0 Å². The van der Waals surface area contributed by atoms with E-state index in [2.05, 4.69) is 5.29 Å². The van der Waals surface area contributed by atoms with Crippen LogP contribution in [0.15, 0.2) is 114 Å². The first-order chi connectivity index (χ1) is 22.4. The maximum absolute atomic E-state index is 14.5. The molecule has 0 N–H and O–H groups in total. The Labute approximate surface area is 265 Å². The molecule has 10 nitrogen and oxygen atoms in total. The van der Waals surface area contributed by atoms with E-state index in [1.54, 1.807) is 48.5 Å². The first-order valence-electron chi connectivity index (χ1n) is 14.7. The highest BCUT2D eigenvalue weighted by Gasteiger charge is 2.46. The molecule has 1 saturated heterocycles. The number of anilines is 1. The van der Waals surface area contributed by atoms with E-state index >= 15 is 0 Å². The molecule has 0 saturated carbocycles. The van der Waals surface area contributed by atoms with Gasteiger partial charge in [0.05, 0.1) is 30.0 Å². The van der Waals surface area contributed by atoms with Gasteiger partial charge in [-0.2, -0.15) is 0 Å². The van der Waals surface area contributed by atoms with Crippen LogP contribution in [0, 0.1) is 16.6 Å². The van der Waals surface area contributed by atoms with Gasteiger partial charge in [-0.25, -0.2) is 19.1 Å². The van der Waals surface area contributed by atoms with Crippen LogP contribution < -0.4 is 9.75 Å². The van der Waals surface area contributed by atoms with Gasteiger partial charge in [0.25, 0.3) is 0 Å². The average molecular weight is 626 g/mol. The van der Waals surface area contributed by atoms with Crippen LogP contribution in [0.5, 0.6) is 5.75 Å². The fraction of sp³-hybridized carbons (Fsp3) is 0.229. The van der Waals surface area contributed by atoms with Gasteiger partial charge in [-0.3, -0.25) is 9.59 Å². The Morgan fingerprint density at radius 1 is 0.957 bits per heavy atom. The number of rotatable bonds is 13. The molecule has 1 fully saturated rings. The van der Waals surface area contributed by atoms with Crippen LogP contribution in [-0.2, 0) is 25.7 Å². The maximum Gasteiger partial charge on any atom is 0.417 e. The molecular formula is C35H32FN3O7. The van der Waals surface area contributed by atoms with Crippen LogP contribution in [0.3, 0.4) is 0 Å². The number of hydrogen-bond acceptors (Lipinski definition) is 8. The zero-order chi connectivity index (χ0) is 32.5. The number of nitrogens with zero attached hydrogens (tertiary/aromatic N) is 3. The quantitative estimate of drug-likeness (QED) is 0.0893. The largest absolute Gasteiger partial charge is 0.489 e. The van der Waals surface area contributed by atoms with E-state index in [-0.39, 0.29) is 25.1 Å². The zero-order valence-corrected chi connectivity index (χ0v) is 25.0. The Morgan fingerprint density at radius 2 is 1.61 bits per heavy atom. The van der Waals surface area contributed by atoms with Crippen molar-refractivity contribution in [2.75, 3.05) is 18.7 Å². The number of nitroso groups, excluding NO2 is 1. The molecule has 1 aliphatic rings. The van der Waals surface area contributed by atoms with Crippen molar-refractivity contribution >= 4 is 23.7 Å². The van der Waals surface area contributed by atoms with E-state index in [0.717, 1.165) is 15.5 Å². The number of halogens is 1. The lowest BCUT2D eigenvalue weighted by atomic mass is 9.86. The van der Waals surface area contributed by atoms with Crippen molar-refractivity contribution in [2.24, 2.45) is 11.2 Å². The fourth-order valence-electron chi connectivity index (χ4n) is 5.45. The van der Waals surface area contributed by atoms with Crippen molar-refractivity contribution in [1.82, 2.24) is 4.90 Å². The van der Waals surface area contributed by atoms with Gasteiger partial charge in [0.1, 0.15) is 30.8 Å². The summed E-state index contributed by atoms with van der Waals surface area (Å²) in [6, 6.07) is 28.5. The summed E-state index contributed by atoms with van der Waals surface area (Å²) in [7, 11) is 1.23. The predicted molar refractivity (Wildman–Crippen MR) is 167 cm³/mol. The third-order valence-corrected chi connectivity index (χ3v) is 7.79. The SMILES string of the molecule is COC(=O)CC[C@@H](C(=O)N1C(=O)OC[C@@H]1c1ccccc1)[C@@H](c1ccc(OCc2ccccc2)cc1)N(N=O)c1ccc(F)cc1. The summed E-state index contributed by atoms with van der Waals surface area (Å²) in [5.41, 5.74) is 2.30. The number of benzene rings is 4. The molecular weight excluding hydrogens is 593 g/mol. The number of ether oxygens (including phenoxy) is 3. The van der Waals surface area contributed by atoms with Gasteiger partial charge in [-0.15, -0.1) is 4.91 Å². The summed E-state index contributed by atoms with van der Waals surface area (Å²) in [6.45, 7) is 0.253. The zero-order valence-electron chi connectivity index (χ0n) is 25.0. The lowest BCUT2D eigenvalue weighted by Crippen LogP contribution is -2.44. The third-order valence-electron chi connectivity index (χ3n) is 7.79. The minimum absolute atomic E-state index is 0.0654. The molecule has 3 atom stereocenters. The fourth-order valence-corrected chi connectivity index (χ4v) is 5.45. The molecule has 4 aromatic carbocycles. The van der Waals surface area contributed by atoms with Gasteiger partial charge < -0.3 is 14.2 Å². The molecule has 1 aliphatic heterocycles. The molecule has 0 radical (unpaired) electrons. The van der Waals surface area contributed by atoms with Gasteiger partial charge in [-0.05, 0) is 59.5 Å². The summed E-state index contributed by atoms with van der Waals surface area (Å²) in [5, 5.41) is 4.32. The number of methoxy groups -OCH3 is 1. The Kier molecular flexibility index (Phi) is 10.3. The highest BCUT2D eigenvalue weighted by Crippen LogP contribution is 2.40. The molecule has 0 unspecified atom stereocenters. The molecule has 0 aliphatic carbocycles. The number of hydrogen-bond donors (Lipinski definition) is 0. The number of cyclic esters (lactones) is 1. The number of carbonyl (C=O) groups excluding carboxylic acids is 3. The minimum Gasteiger partial charge on any atom is -0.489 e. The molecule has 1 heterocycles. The second kappa shape index (κ2) is 14.9. The van der Waals surface area contributed by atoms with Crippen LogP contribution in [0.4, 0.5) is 14.9 Å². The lowest BCUT2D eigenvalue weighted by molar-refractivity contribution is -0.141. The van der Waals surface area contributed by atoms with Crippen molar-refractivity contribution in [2.45, 2.75) is 31.5 Å². The Morgan fingerprint density at radius 3 is 2.24 bits per heavy atom. The van der Waals surface area contributed by atoms with E-state index in [1.165, 1.54) is 31.4 Å². The summed E-state index contributed by atoms with van der Waals surface area (Å²) in [4.78, 5) is 53.5. The van der Waals surface area contributed by atoms with Crippen LogP contribution in [0.2, 0.25) is 0 Å². The monoisotopic (exact) mass is 625 g/mol. The topological polar surface area (TPSA) is 115 Å². The Bertz CT molecular complexity index is 1640. The molecule has 0 spiro atoms. The standard InChI is InChI=1S/C35H32FN3O7/c1-44-32(40)21-20-30(34(41)38-31(23-46-35(38)42)25-10-6-3-7-11-25)33(39(37-43)28-16-14-27(36)15-17-28)26-12-18-29(19-13-26)45-22-24-8-4-2-5-9-24/h2-19,30-31,33H,20-23H2,1H3/t30-,31-,33-/m1/s1. The first kappa shape index (κ1) is 31.8. The van der Waals surface area contributed by atoms with Crippen LogP contribution in [-0.4, -0.2) is 36.6 Å². The van der Waals surface area contributed by atoms with E-state index < -0.39 is 41.8 Å². The molecule has 236 valence electrons. The molecule has 0 aromatic heterocycles. The van der Waals surface area contributed by atoms with Crippen LogP contribution in [0.25, 0.3) is 0 Å². The van der Waals surface area contributed by atoms with Gasteiger partial charge in [0, 0.05) is 6.42 Å².